The number of hydrogen-bond donors (Lipinski definition) is 3. The number of fused-ring (bicyclic) bond motifs is 1. The van der Waals surface area contributed by atoms with E-state index in [-0.39, 0.29) is 18.6 Å². The number of aliphatic hydroxyl groups is 1. The molecular weight excluding hydrogens is 212 g/mol. The molecule has 0 spiro atoms. The fourth-order valence-corrected chi connectivity index (χ4v) is 2.40. The van der Waals surface area contributed by atoms with Gasteiger partial charge in [0.25, 0.3) is 0 Å². The summed E-state index contributed by atoms with van der Waals surface area (Å²) < 4.78 is 0. The van der Waals surface area contributed by atoms with Gasteiger partial charge in [-0.25, -0.2) is 0 Å². The molecule has 0 bridgehead atoms. The van der Waals surface area contributed by atoms with E-state index >= 15 is 0 Å². The standard InChI is InChI=1S/C11H15ClN2O/c1-6-2-3-8(12)10-7(9(13)5-15)4-14-11(6)10/h2-3,7,9,14-15H,4-5,13H2,1H3. The highest BCUT2D eigenvalue weighted by Crippen LogP contribution is 2.40. The van der Waals surface area contributed by atoms with Crippen molar-refractivity contribution in [1.82, 2.24) is 0 Å². The summed E-state index contributed by atoms with van der Waals surface area (Å²) in [6.07, 6.45) is 0. The fourth-order valence-electron chi connectivity index (χ4n) is 2.11. The van der Waals surface area contributed by atoms with E-state index in [1.54, 1.807) is 0 Å². The number of hydrogen-bond acceptors (Lipinski definition) is 3. The lowest BCUT2D eigenvalue weighted by molar-refractivity contribution is 0.252. The first-order valence-corrected chi connectivity index (χ1v) is 5.42. The number of nitrogens with one attached hydrogen (secondary N) is 1. The molecule has 0 aliphatic carbocycles. The van der Waals surface area contributed by atoms with Crippen molar-refractivity contribution in [3.63, 3.8) is 0 Å². The van der Waals surface area contributed by atoms with Crippen LogP contribution < -0.4 is 11.1 Å². The van der Waals surface area contributed by atoms with Crippen LogP contribution in [0.2, 0.25) is 5.02 Å². The van der Waals surface area contributed by atoms with E-state index in [9.17, 15) is 0 Å². The number of anilines is 1. The molecule has 0 radical (unpaired) electrons. The number of nitrogens with two attached hydrogens (primary N) is 1. The Hall–Kier alpha value is -0.770. The van der Waals surface area contributed by atoms with Crippen LogP contribution in [0, 0.1) is 6.92 Å². The van der Waals surface area contributed by atoms with Crippen LogP contribution in [-0.2, 0) is 0 Å². The Morgan fingerprint density at radius 1 is 1.67 bits per heavy atom. The van der Waals surface area contributed by atoms with Crippen molar-refractivity contribution >= 4 is 17.3 Å². The van der Waals surface area contributed by atoms with Gasteiger partial charge in [0.15, 0.2) is 0 Å². The fraction of sp³-hybridized carbons (Fsp3) is 0.455. The van der Waals surface area contributed by atoms with Gasteiger partial charge in [-0.1, -0.05) is 17.7 Å². The minimum absolute atomic E-state index is 0.0178. The van der Waals surface area contributed by atoms with Crippen LogP contribution in [0.1, 0.15) is 17.0 Å². The van der Waals surface area contributed by atoms with E-state index in [1.165, 1.54) is 5.56 Å². The van der Waals surface area contributed by atoms with E-state index < -0.39 is 0 Å². The molecule has 1 aliphatic heterocycles. The van der Waals surface area contributed by atoms with Crippen molar-refractivity contribution in [3.05, 3.63) is 28.3 Å². The zero-order valence-corrected chi connectivity index (χ0v) is 9.38. The molecule has 2 atom stereocenters. The molecule has 4 heteroatoms. The Morgan fingerprint density at radius 3 is 3.07 bits per heavy atom. The lowest BCUT2D eigenvalue weighted by Crippen LogP contribution is -2.33. The van der Waals surface area contributed by atoms with Crippen molar-refractivity contribution in [2.45, 2.75) is 18.9 Å². The minimum Gasteiger partial charge on any atom is -0.395 e. The van der Waals surface area contributed by atoms with Gasteiger partial charge in [0.2, 0.25) is 0 Å². The quantitative estimate of drug-likeness (QED) is 0.716. The molecular formula is C11H15ClN2O. The van der Waals surface area contributed by atoms with Crippen LogP contribution in [0.4, 0.5) is 5.69 Å². The molecule has 2 rings (SSSR count). The van der Waals surface area contributed by atoms with Crippen LogP contribution in [0.5, 0.6) is 0 Å². The topological polar surface area (TPSA) is 58.3 Å². The molecule has 4 N–H and O–H groups in total. The van der Waals surface area contributed by atoms with Crippen LogP contribution in [0.25, 0.3) is 0 Å². The summed E-state index contributed by atoms with van der Waals surface area (Å²) >= 11 is 6.16. The summed E-state index contributed by atoms with van der Waals surface area (Å²) in [6.45, 7) is 2.77. The lowest BCUT2D eigenvalue weighted by Gasteiger charge is -2.17. The van der Waals surface area contributed by atoms with Gasteiger partial charge < -0.3 is 16.2 Å². The van der Waals surface area contributed by atoms with Crippen LogP contribution in [0.3, 0.4) is 0 Å². The van der Waals surface area contributed by atoms with Gasteiger partial charge in [0, 0.05) is 34.8 Å². The summed E-state index contributed by atoms with van der Waals surface area (Å²) in [4.78, 5) is 0. The molecule has 2 unspecified atom stereocenters. The van der Waals surface area contributed by atoms with Crippen LogP contribution in [-0.4, -0.2) is 24.3 Å². The smallest absolute Gasteiger partial charge is 0.0589 e. The predicted octanol–water partition coefficient (Wildman–Crippen LogP) is 1.48. The van der Waals surface area contributed by atoms with Gasteiger partial charge in [0.05, 0.1) is 6.61 Å². The highest BCUT2D eigenvalue weighted by molar-refractivity contribution is 6.32. The van der Waals surface area contributed by atoms with E-state index in [4.69, 9.17) is 22.4 Å². The van der Waals surface area contributed by atoms with Gasteiger partial charge in [-0.05, 0) is 18.6 Å². The number of halogens is 1. The molecule has 0 aromatic heterocycles. The van der Waals surface area contributed by atoms with Gasteiger partial charge >= 0.3 is 0 Å². The molecule has 0 saturated heterocycles. The Bertz CT molecular complexity index is 381. The highest BCUT2D eigenvalue weighted by Gasteiger charge is 2.30. The van der Waals surface area contributed by atoms with Gasteiger partial charge in [0.1, 0.15) is 0 Å². The second-order valence-corrected chi connectivity index (χ2v) is 4.39. The highest BCUT2D eigenvalue weighted by atomic mass is 35.5. The Balaban J connectivity index is 2.45. The molecule has 0 saturated carbocycles. The Kier molecular flexibility index (Phi) is 2.87. The van der Waals surface area contributed by atoms with E-state index in [1.807, 2.05) is 19.1 Å². The third-order valence-electron chi connectivity index (χ3n) is 3.00. The number of benzene rings is 1. The average Bonchev–Trinajstić information content (AvgIpc) is 2.68. The van der Waals surface area contributed by atoms with Crippen molar-refractivity contribution in [1.29, 1.82) is 0 Å². The molecule has 0 amide bonds. The summed E-state index contributed by atoms with van der Waals surface area (Å²) in [5, 5.41) is 13.1. The average molecular weight is 227 g/mol. The summed E-state index contributed by atoms with van der Waals surface area (Å²) in [5.74, 6) is 0.109. The molecule has 1 heterocycles. The summed E-state index contributed by atoms with van der Waals surface area (Å²) in [6, 6.07) is 3.62. The van der Waals surface area contributed by atoms with Crippen molar-refractivity contribution in [2.24, 2.45) is 5.73 Å². The third-order valence-corrected chi connectivity index (χ3v) is 3.33. The summed E-state index contributed by atoms with van der Waals surface area (Å²) in [5.41, 5.74) is 9.17. The Labute approximate surface area is 94.2 Å². The van der Waals surface area contributed by atoms with E-state index in [2.05, 4.69) is 5.32 Å². The SMILES string of the molecule is Cc1ccc(Cl)c2c1NCC2C(N)CO. The van der Waals surface area contributed by atoms with Gasteiger partial charge in [-0.15, -0.1) is 0 Å². The number of aryl methyl sites for hydroxylation is 1. The maximum Gasteiger partial charge on any atom is 0.0589 e. The zero-order chi connectivity index (χ0) is 11.0. The van der Waals surface area contributed by atoms with Crippen LogP contribution >= 0.6 is 11.6 Å². The maximum absolute atomic E-state index is 9.09. The molecule has 82 valence electrons. The van der Waals surface area contributed by atoms with Gasteiger partial charge in [-0.2, -0.15) is 0 Å². The minimum atomic E-state index is -0.252. The van der Waals surface area contributed by atoms with E-state index in [0.29, 0.717) is 0 Å². The number of aliphatic hydroxyl groups excluding tert-OH is 1. The first-order chi connectivity index (χ1) is 7.15. The molecule has 1 aromatic rings. The van der Waals surface area contributed by atoms with Crippen molar-refractivity contribution < 1.29 is 5.11 Å². The largest absolute Gasteiger partial charge is 0.395 e. The van der Waals surface area contributed by atoms with Gasteiger partial charge in [-0.3, -0.25) is 0 Å². The normalized spacial score (nSPS) is 20.9. The lowest BCUT2D eigenvalue weighted by atomic mass is 9.93. The van der Waals surface area contributed by atoms with Crippen LogP contribution in [0.15, 0.2) is 12.1 Å². The first kappa shape index (κ1) is 10.7. The second-order valence-electron chi connectivity index (χ2n) is 3.99. The van der Waals surface area contributed by atoms with E-state index in [0.717, 1.165) is 22.8 Å². The molecule has 1 aromatic carbocycles. The molecule has 3 nitrogen and oxygen atoms in total. The number of rotatable bonds is 2. The first-order valence-electron chi connectivity index (χ1n) is 5.04. The monoisotopic (exact) mass is 226 g/mol. The van der Waals surface area contributed by atoms with Crippen molar-refractivity contribution in [3.8, 4) is 0 Å². The second kappa shape index (κ2) is 4.00. The molecule has 0 fully saturated rings. The van der Waals surface area contributed by atoms with Crippen molar-refractivity contribution in [2.75, 3.05) is 18.5 Å². The molecule has 1 aliphatic rings. The molecule has 15 heavy (non-hydrogen) atoms. The maximum atomic E-state index is 9.09. The predicted molar refractivity (Wildman–Crippen MR) is 62.5 cm³/mol. The summed E-state index contributed by atoms with van der Waals surface area (Å²) in [7, 11) is 0. The third kappa shape index (κ3) is 1.71. The Morgan fingerprint density at radius 2 is 2.40 bits per heavy atom. The zero-order valence-electron chi connectivity index (χ0n) is 8.63.